The van der Waals surface area contributed by atoms with Crippen molar-refractivity contribution in [1.82, 2.24) is 14.7 Å². The Morgan fingerprint density at radius 2 is 0.644 bits per heavy atom. The van der Waals surface area contributed by atoms with Gasteiger partial charge in [-0.25, -0.2) is 0 Å². The Kier molecular flexibility index (Phi) is 33.3. The van der Waals surface area contributed by atoms with Crippen LogP contribution in [0.15, 0.2) is 0 Å². The third-order valence-corrected chi connectivity index (χ3v) is 13.6. The molecular formula is C52H97N3O4. The highest BCUT2D eigenvalue weighted by molar-refractivity contribution is 6.04. The van der Waals surface area contributed by atoms with E-state index >= 15 is 0 Å². The van der Waals surface area contributed by atoms with Crippen LogP contribution in [0.4, 0.5) is 0 Å². The van der Waals surface area contributed by atoms with Crippen LogP contribution >= 0.6 is 0 Å². The summed E-state index contributed by atoms with van der Waals surface area (Å²) in [6.07, 6.45) is 50.5. The van der Waals surface area contributed by atoms with Gasteiger partial charge in [0.2, 0.25) is 23.6 Å². The lowest BCUT2D eigenvalue weighted by Gasteiger charge is -2.25. The molecule has 0 aromatic heterocycles. The van der Waals surface area contributed by atoms with Crippen molar-refractivity contribution in [3.8, 4) is 0 Å². The number of amides is 4. The van der Waals surface area contributed by atoms with Gasteiger partial charge in [-0.1, -0.05) is 245 Å². The van der Waals surface area contributed by atoms with Gasteiger partial charge in [-0.2, -0.15) is 0 Å². The SMILES string of the molecule is CCCCCCCCCCCCCCCCCCCCC1CC(=O)N(CCN(C)CN2C(=O)CC(CCCCCCCCCCCCCCCCCCCC)C2=O)C1=O. The summed E-state index contributed by atoms with van der Waals surface area (Å²) in [4.78, 5) is 56.5. The number of carbonyl (C=O) groups is 4. The van der Waals surface area contributed by atoms with E-state index in [1.807, 2.05) is 11.9 Å². The molecule has 0 saturated carbocycles. The van der Waals surface area contributed by atoms with Crippen LogP contribution in [-0.2, 0) is 19.2 Å². The third kappa shape index (κ3) is 26.4. The summed E-state index contributed by atoms with van der Waals surface area (Å²) in [5.74, 6) is -0.630. The van der Waals surface area contributed by atoms with Gasteiger partial charge in [-0.05, 0) is 19.9 Å². The van der Waals surface area contributed by atoms with Gasteiger partial charge in [0.1, 0.15) is 0 Å². The van der Waals surface area contributed by atoms with Crippen molar-refractivity contribution in [1.29, 1.82) is 0 Å². The van der Waals surface area contributed by atoms with Crippen LogP contribution in [0, 0.1) is 11.8 Å². The van der Waals surface area contributed by atoms with Crippen LogP contribution in [0.25, 0.3) is 0 Å². The van der Waals surface area contributed by atoms with E-state index in [9.17, 15) is 19.2 Å². The normalized spacial score (nSPS) is 17.2. The number of likely N-dealkylation sites (N-methyl/N-ethyl adjacent to an activating group) is 1. The van der Waals surface area contributed by atoms with E-state index in [2.05, 4.69) is 13.8 Å². The number of hydrogen-bond acceptors (Lipinski definition) is 5. The summed E-state index contributed by atoms with van der Waals surface area (Å²) in [6.45, 7) is 5.58. The van der Waals surface area contributed by atoms with E-state index in [0.717, 1.165) is 38.5 Å². The maximum atomic E-state index is 13.1. The van der Waals surface area contributed by atoms with Crippen molar-refractivity contribution >= 4 is 23.6 Å². The zero-order valence-electron chi connectivity index (χ0n) is 39.5. The summed E-state index contributed by atoms with van der Waals surface area (Å²) in [7, 11) is 1.87. The second-order valence-corrected chi connectivity index (χ2v) is 19.2. The fourth-order valence-electron chi connectivity index (χ4n) is 9.51. The molecule has 59 heavy (non-hydrogen) atoms. The molecule has 2 saturated heterocycles. The van der Waals surface area contributed by atoms with Gasteiger partial charge in [0.15, 0.2) is 0 Å². The van der Waals surface area contributed by atoms with Crippen LogP contribution in [0.3, 0.4) is 0 Å². The molecule has 0 aromatic carbocycles. The Bertz CT molecular complexity index is 1060. The molecule has 0 spiro atoms. The van der Waals surface area contributed by atoms with Gasteiger partial charge in [0.25, 0.3) is 0 Å². The standard InChI is InChI=1S/C52H97N3O4/c1-4-6-8-10-12-14-16-18-20-22-24-26-28-30-32-34-36-38-40-47-44-49(56)54(51(47)58)43-42-53(3)46-55-50(57)45-48(52(55)59)41-39-37-35-33-31-29-27-25-23-21-19-17-15-13-11-9-7-5-2/h47-48H,4-46H2,1-3H3. The Labute approximate surface area is 365 Å². The molecule has 2 unspecified atom stereocenters. The minimum Gasteiger partial charge on any atom is -0.287 e. The second-order valence-electron chi connectivity index (χ2n) is 19.2. The highest BCUT2D eigenvalue weighted by Crippen LogP contribution is 2.27. The molecule has 2 aliphatic heterocycles. The van der Waals surface area contributed by atoms with Crippen LogP contribution in [-0.4, -0.2) is 65.1 Å². The summed E-state index contributed by atoms with van der Waals surface area (Å²) in [6, 6.07) is 0. The van der Waals surface area contributed by atoms with Crippen molar-refractivity contribution in [2.24, 2.45) is 11.8 Å². The molecule has 0 aromatic rings. The summed E-state index contributed by atoms with van der Waals surface area (Å²) in [5, 5.41) is 0. The Balaban J connectivity index is 1.42. The van der Waals surface area contributed by atoms with Crippen molar-refractivity contribution < 1.29 is 19.2 Å². The van der Waals surface area contributed by atoms with Crippen molar-refractivity contribution in [2.45, 2.75) is 271 Å². The highest BCUT2D eigenvalue weighted by Gasteiger charge is 2.40. The van der Waals surface area contributed by atoms with Gasteiger partial charge in [0, 0.05) is 37.8 Å². The molecule has 2 heterocycles. The van der Waals surface area contributed by atoms with Gasteiger partial charge in [-0.15, -0.1) is 0 Å². The van der Waals surface area contributed by atoms with E-state index < -0.39 is 0 Å². The number of unbranched alkanes of at least 4 members (excludes halogenated alkanes) is 34. The van der Waals surface area contributed by atoms with Gasteiger partial charge >= 0.3 is 0 Å². The molecule has 0 bridgehead atoms. The summed E-state index contributed by atoms with van der Waals surface area (Å²) >= 11 is 0. The first kappa shape index (κ1) is 53.4. The number of rotatable bonds is 43. The van der Waals surface area contributed by atoms with E-state index in [0.29, 0.717) is 25.9 Å². The minimum atomic E-state index is -0.196. The average molecular weight is 828 g/mol. The van der Waals surface area contributed by atoms with Crippen molar-refractivity contribution in [3.63, 3.8) is 0 Å². The first-order valence-electron chi connectivity index (χ1n) is 26.3. The van der Waals surface area contributed by atoms with Crippen molar-refractivity contribution in [2.75, 3.05) is 26.8 Å². The molecule has 4 amide bonds. The monoisotopic (exact) mass is 828 g/mol. The van der Waals surface area contributed by atoms with E-state index in [1.165, 1.54) is 215 Å². The Hall–Kier alpha value is -1.76. The third-order valence-electron chi connectivity index (χ3n) is 13.6. The topological polar surface area (TPSA) is 78.0 Å². The highest BCUT2D eigenvalue weighted by atomic mass is 16.2. The van der Waals surface area contributed by atoms with Crippen molar-refractivity contribution in [3.05, 3.63) is 0 Å². The van der Waals surface area contributed by atoms with Crippen LogP contribution in [0.2, 0.25) is 0 Å². The van der Waals surface area contributed by atoms with Crippen LogP contribution in [0.5, 0.6) is 0 Å². The number of nitrogens with zero attached hydrogens (tertiary/aromatic N) is 3. The summed E-state index contributed by atoms with van der Waals surface area (Å²) < 4.78 is 0. The Morgan fingerprint density at radius 3 is 0.949 bits per heavy atom. The largest absolute Gasteiger partial charge is 0.287 e. The molecule has 0 N–H and O–H groups in total. The number of imide groups is 2. The molecule has 2 rings (SSSR count). The lowest BCUT2D eigenvalue weighted by Crippen LogP contribution is -2.43. The minimum absolute atomic E-state index is 0.0342. The van der Waals surface area contributed by atoms with E-state index in [1.54, 1.807) is 0 Å². The number of carbonyl (C=O) groups excluding carboxylic acids is 4. The molecule has 2 atom stereocenters. The molecular weight excluding hydrogens is 731 g/mol. The molecule has 0 aliphatic carbocycles. The zero-order valence-corrected chi connectivity index (χ0v) is 39.5. The summed E-state index contributed by atoms with van der Waals surface area (Å²) in [5.41, 5.74) is 0. The molecule has 2 fully saturated rings. The smallest absolute Gasteiger partial charge is 0.233 e. The Morgan fingerprint density at radius 1 is 0.390 bits per heavy atom. The number of hydrogen-bond donors (Lipinski definition) is 0. The van der Waals surface area contributed by atoms with Gasteiger partial charge in [-0.3, -0.25) is 33.9 Å². The molecule has 7 nitrogen and oxygen atoms in total. The lowest BCUT2D eigenvalue weighted by molar-refractivity contribution is -0.144. The second kappa shape index (κ2) is 36.9. The molecule has 7 heteroatoms. The van der Waals surface area contributed by atoms with E-state index in [4.69, 9.17) is 0 Å². The fourth-order valence-corrected chi connectivity index (χ4v) is 9.51. The van der Waals surface area contributed by atoms with Gasteiger partial charge < -0.3 is 0 Å². The predicted molar refractivity (Wildman–Crippen MR) is 249 cm³/mol. The first-order chi connectivity index (χ1) is 28.9. The van der Waals surface area contributed by atoms with Crippen LogP contribution < -0.4 is 0 Å². The van der Waals surface area contributed by atoms with E-state index in [-0.39, 0.29) is 42.1 Å². The van der Waals surface area contributed by atoms with Gasteiger partial charge in [0.05, 0.1) is 6.67 Å². The first-order valence-corrected chi connectivity index (χ1v) is 26.3. The van der Waals surface area contributed by atoms with Crippen LogP contribution in [0.1, 0.15) is 271 Å². The fraction of sp³-hybridized carbons (Fsp3) is 0.923. The maximum Gasteiger partial charge on any atom is 0.233 e. The quantitative estimate of drug-likeness (QED) is 0.0452. The molecule has 0 radical (unpaired) electrons. The lowest BCUT2D eigenvalue weighted by atomic mass is 9.98. The molecule has 344 valence electrons. The molecule has 2 aliphatic rings. The maximum absolute atomic E-state index is 13.1. The predicted octanol–water partition coefficient (Wildman–Crippen LogP) is 14.5. The number of likely N-dealkylation sites (tertiary alicyclic amines) is 2. The average Bonchev–Trinajstić information content (AvgIpc) is 3.65. The zero-order chi connectivity index (χ0) is 42.6.